The number of rotatable bonds is 3. The second-order valence-electron chi connectivity index (χ2n) is 7.69. The smallest absolute Gasteiger partial charge is 0.336 e. The van der Waals surface area contributed by atoms with Gasteiger partial charge in [-0.2, -0.15) is 0 Å². The van der Waals surface area contributed by atoms with E-state index in [1.54, 1.807) is 11.8 Å². The Balaban J connectivity index is 2.17. The van der Waals surface area contributed by atoms with Gasteiger partial charge in [-0.05, 0) is 42.7 Å². The van der Waals surface area contributed by atoms with Crippen LogP contribution in [0.1, 0.15) is 45.1 Å². The molecule has 5 heteroatoms. The summed E-state index contributed by atoms with van der Waals surface area (Å²) in [7, 11) is 1.38. The molecule has 0 bridgehead atoms. The first kappa shape index (κ1) is 18.8. The van der Waals surface area contributed by atoms with Crippen molar-refractivity contribution in [2.75, 3.05) is 13.4 Å². The summed E-state index contributed by atoms with van der Waals surface area (Å²) in [4.78, 5) is 26.7. The summed E-state index contributed by atoms with van der Waals surface area (Å²) in [5, 5.41) is 3.33. The molecule has 1 aliphatic heterocycles. The summed E-state index contributed by atoms with van der Waals surface area (Å²) < 4.78 is 5.04. The van der Waals surface area contributed by atoms with Crippen molar-refractivity contribution in [3.63, 3.8) is 0 Å². The molecule has 1 atom stereocenters. The van der Waals surface area contributed by atoms with E-state index < -0.39 is 5.97 Å². The average Bonchev–Trinajstić information content (AvgIpc) is 2.59. The van der Waals surface area contributed by atoms with Crippen LogP contribution >= 0.6 is 11.8 Å². The van der Waals surface area contributed by atoms with E-state index in [-0.39, 0.29) is 17.1 Å². The highest BCUT2D eigenvalue weighted by molar-refractivity contribution is 7.98. The van der Waals surface area contributed by atoms with Crippen molar-refractivity contribution >= 4 is 23.5 Å². The van der Waals surface area contributed by atoms with Crippen LogP contribution in [0, 0.1) is 5.41 Å². The molecule has 138 valence electrons. The molecule has 0 aromatic heterocycles. The van der Waals surface area contributed by atoms with Crippen LogP contribution in [0.3, 0.4) is 0 Å². The number of allylic oxidation sites excluding steroid dienone is 3. The summed E-state index contributed by atoms with van der Waals surface area (Å²) in [6.07, 6.45) is 3.30. The molecule has 26 heavy (non-hydrogen) atoms. The number of hydrogen-bond acceptors (Lipinski definition) is 5. The number of thioether (sulfide) groups is 1. The van der Waals surface area contributed by atoms with Crippen LogP contribution in [0.25, 0.3) is 0 Å². The maximum Gasteiger partial charge on any atom is 0.336 e. The maximum atomic E-state index is 13.0. The van der Waals surface area contributed by atoms with Crippen LogP contribution in [0.4, 0.5) is 0 Å². The Morgan fingerprint density at radius 2 is 1.88 bits per heavy atom. The summed E-state index contributed by atoms with van der Waals surface area (Å²) in [6, 6.07) is 8.08. The van der Waals surface area contributed by atoms with E-state index in [0.717, 1.165) is 28.3 Å². The minimum Gasteiger partial charge on any atom is -0.466 e. The fourth-order valence-corrected chi connectivity index (χ4v) is 4.35. The van der Waals surface area contributed by atoms with Crippen molar-refractivity contribution < 1.29 is 14.3 Å². The number of dihydropyridines is 1. The topological polar surface area (TPSA) is 55.4 Å². The summed E-state index contributed by atoms with van der Waals surface area (Å²) >= 11 is 1.66. The van der Waals surface area contributed by atoms with E-state index in [4.69, 9.17) is 4.74 Å². The van der Waals surface area contributed by atoms with Crippen molar-refractivity contribution in [3.05, 3.63) is 52.4 Å². The van der Waals surface area contributed by atoms with Gasteiger partial charge in [0, 0.05) is 34.2 Å². The number of ether oxygens (including phenoxy) is 1. The highest BCUT2D eigenvalue weighted by Crippen LogP contribution is 2.46. The second-order valence-corrected chi connectivity index (χ2v) is 8.57. The predicted octanol–water partition coefficient (Wildman–Crippen LogP) is 4.19. The van der Waals surface area contributed by atoms with E-state index in [1.807, 2.05) is 37.4 Å². The zero-order valence-corrected chi connectivity index (χ0v) is 16.8. The van der Waals surface area contributed by atoms with Crippen LogP contribution in [0.15, 0.2) is 51.7 Å². The summed E-state index contributed by atoms with van der Waals surface area (Å²) in [6.45, 7) is 6.09. The number of methoxy groups -OCH3 is 1. The molecule has 3 rings (SSSR count). The highest BCUT2D eigenvalue weighted by Gasteiger charge is 2.42. The molecule has 1 aromatic rings. The zero-order chi connectivity index (χ0) is 19.1. The Morgan fingerprint density at radius 3 is 2.46 bits per heavy atom. The largest absolute Gasteiger partial charge is 0.466 e. The number of nitrogens with one attached hydrogen (secondary N) is 1. The van der Waals surface area contributed by atoms with Gasteiger partial charge in [0.2, 0.25) is 0 Å². The predicted molar refractivity (Wildman–Crippen MR) is 104 cm³/mol. The van der Waals surface area contributed by atoms with Gasteiger partial charge in [0.25, 0.3) is 0 Å². The lowest BCUT2D eigenvalue weighted by Crippen LogP contribution is -2.38. The molecule has 0 saturated heterocycles. The lowest BCUT2D eigenvalue weighted by atomic mass is 9.68. The third-order valence-corrected chi connectivity index (χ3v) is 5.84. The lowest BCUT2D eigenvalue weighted by molar-refractivity contribution is -0.136. The maximum absolute atomic E-state index is 13.0. The SMILES string of the molecule is COC(=O)C1=C(C)NC2=C(C(=O)CC(C)(C)C2)C1c1ccc(SC)cc1. The number of esters is 1. The quantitative estimate of drug-likeness (QED) is 0.638. The monoisotopic (exact) mass is 371 g/mol. The second kappa shape index (κ2) is 6.95. The first-order valence-corrected chi connectivity index (χ1v) is 9.96. The number of ketones is 1. The Kier molecular flexibility index (Phi) is 5.02. The van der Waals surface area contributed by atoms with Crippen molar-refractivity contribution in [1.29, 1.82) is 0 Å². The van der Waals surface area contributed by atoms with Crippen LogP contribution in [0.2, 0.25) is 0 Å². The van der Waals surface area contributed by atoms with Crippen molar-refractivity contribution in [3.8, 4) is 0 Å². The van der Waals surface area contributed by atoms with Gasteiger partial charge in [-0.3, -0.25) is 4.79 Å². The molecular weight excluding hydrogens is 346 g/mol. The Morgan fingerprint density at radius 1 is 1.23 bits per heavy atom. The first-order valence-electron chi connectivity index (χ1n) is 8.73. The molecule has 0 spiro atoms. The minimum atomic E-state index is -0.391. The molecule has 0 fully saturated rings. The Labute approximate surface area is 159 Å². The molecule has 0 amide bonds. The van der Waals surface area contributed by atoms with E-state index in [9.17, 15) is 9.59 Å². The highest BCUT2D eigenvalue weighted by atomic mass is 32.2. The van der Waals surface area contributed by atoms with E-state index in [0.29, 0.717) is 17.6 Å². The van der Waals surface area contributed by atoms with Crippen LogP contribution in [-0.4, -0.2) is 25.1 Å². The molecule has 1 N–H and O–H groups in total. The van der Waals surface area contributed by atoms with Crippen molar-refractivity contribution in [2.24, 2.45) is 5.41 Å². The van der Waals surface area contributed by atoms with Crippen LogP contribution in [0.5, 0.6) is 0 Å². The molecule has 4 nitrogen and oxygen atoms in total. The molecule has 1 heterocycles. The van der Waals surface area contributed by atoms with E-state index in [1.165, 1.54) is 7.11 Å². The van der Waals surface area contributed by atoms with Crippen molar-refractivity contribution in [1.82, 2.24) is 5.32 Å². The first-order chi connectivity index (χ1) is 12.3. The molecule has 1 aromatic carbocycles. The summed E-state index contributed by atoms with van der Waals surface area (Å²) in [5.41, 5.74) is 3.81. The molecule has 0 saturated carbocycles. The number of hydrogen-bond donors (Lipinski definition) is 1. The normalized spacial score (nSPS) is 22.0. The third-order valence-electron chi connectivity index (χ3n) is 5.09. The van der Waals surface area contributed by atoms with Gasteiger partial charge >= 0.3 is 5.97 Å². The number of Topliss-reactive ketones (excluding diaryl/α,β-unsaturated/α-hetero) is 1. The van der Waals surface area contributed by atoms with Crippen LogP contribution in [-0.2, 0) is 14.3 Å². The average molecular weight is 372 g/mol. The minimum absolute atomic E-state index is 0.0841. The number of carbonyl (C=O) groups is 2. The van der Waals surface area contributed by atoms with Crippen molar-refractivity contribution in [2.45, 2.75) is 44.4 Å². The van der Waals surface area contributed by atoms with E-state index >= 15 is 0 Å². The van der Waals surface area contributed by atoms with Gasteiger partial charge in [0.1, 0.15) is 0 Å². The fourth-order valence-electron chi connectivity index (χ4n) is 3.95. The summed E-state index contributed by atoms with van der Waals surface area (Å²) in [5.74, 6) is -0.659. The van der Waals surface area contributed by atoms with Gasteiger partial charge in [-0.25, -0.2) is 4.79 Å². The third kappa shape index (κ3) is 3.32. The van der Waals surface area contributed by atoms with E-state index in [2.05, 4.69) is 19.2 Å². The molecule has 1 aliphatic carbocycles. The zero-order valence-electron chi connectivity index (χ0n) is 15.9. The Hall–Kier alpha value is -2.01. The molecular formula is C21H25NO3S. The fraction of sp³-hybridized carbons (Fsp3) is 0.429. The number of carbonyl (C=O) groups excluding carboxylic acids is 2. The van der Waals surface area contributed by atoms with Gasteiger partial charge in [0.15, 0.2) is 5.78 Å². The standard InChI is InChI=1S/C21H25NO3S/c1-12-17(20(24)25-4)18(13-6-8-14(26-5)9-7-13)19-15(22-12)10-21(2,3)11-16(19)23/h6-9,18,22H,10-11H2,1-5H3. The Bertz CT molecular complexity index is 818. The van der Waals surface area contributed by atoms with Gasteiger partial charge in [0.05, 0.1) is 12.7 Å². The van der Waals surface area contributed by atoms with Crippen LogP contribution < -0.4 is 5.32 Å². The molecule has 1 unspecified atom stereocenters. The molecule has 2 aliphatic rings. The van der Waals surface area contributed by atoms with Gasteiger partial charge in [-0.15, -0.1) is 11.8 Å². The lowest BCUT2D eigenvalue weighted by Gasteiger charge is -2.39. The van der Waals surface area contributed by atoms with Gasteiger partial charge in [-0.1, -0.05) is 26.0 Å². The molecule has 0 radical (unpaired) electrons. The number of benzene rings is 1. The van der Waals surface area contributed by atoms with Gasteiger partial charge < -0.3 is 10.1 Å².